The van der Waals surface area contributed by atoms with Crippen molar-refractivity contribution >= 4 is 21.8 Å². The molecule has 1 aromatic heterocycles. The van der Waals surface area contributed by atoms with Gasteiger partial charge in [-0.15, -0.1) is 0 Å². The molecule has 0 aliphatic rings. The van der Waals surface area contributed by atoms with Gasteiger partial charge in [-0.05, 0) is 13.3 Å². The monoisotopic (exact) mass is 247 g/mol. The Morgan fingerprint density at radius 2 is 2.31 bits per heavy atom. The van der Waals surface area contributed by atoms with Gasteiger partial charge in [-0.3, -0.25) is 14.6 Å². The van der Waals surface area contributed by atoms with E-state index in [1.165, 1.54) is 6.07 Å². The standard InChI is InChI=1S/C8H13N3O4S/c1-3-6-4-7(10-9-6)11-16(14,15)5(2)8(12)13/h4-5H,3H2,1-2H3,(H,12,13)(H2,9,10,11). The van der Waals surface area contributed by atoms with Crippen LogP contribution in [-0.4, -0.2) is 34.9 Å². The van der Waals surface area contributed by atoms with Gasteiger partial charge in [0.15, 0.2) is 11.1 Å². The number of nitrogens with one attached hydrogen (secondary N) is 2. The highest BCUT2D eigenvalue weighted by atomic mass is 32.2. The van der Waals surface area contributed by atoms with E-state index >= 15 is 0 Å². The molecule has 0 aliphatic heterocycles. The summed E-state index contributed by atoms with van der Waals surface area (Å²) in [5.74, 6) is -1.30. The summed E-state index contributed by atoms with van der Waals surface area (Å²) in [6.07, 6.45) is 0.684. The van der Waals surface area contributed by atoms with Crippen LogP contribution in [0.25, 0.3) is 0 Å². The van der Waals surface area contributed by atoms with E-state index in [4.69, 9.17) is 5.11 Å². The zero-order valence-corrected chi connectivity index (χ0v) is 9.71. The number of hydrogen-bond acceptors (Lipinski definition) is 4. The molecular weight excluding hydrogens is 234 g/mol. The molecule has 1 rings (SSSR count). The van der Waals surface area contributed by atoms with Crippen LogP contribution in [0.1, 0.15) is 19.5 Å². The molecule has 0 spiro atoms. The van der Waals surface area contributed by atoms with E-state index in [0.29, 0.717) is 6.42 Å². The van der Waals surface area contributed by atoms with Crippen molar-refractivity contribution in [2.75, 3.05) is 4.72 Å². The van der Waals surface area contributed by atoms with Gasteiger partial charge in [-0.25, -0.2) is 8.42 Å². The zero-order chi connectivity index (χ0) is 12.3. The summed E-state index contributed by atoms with van der Waals surface area (Å²) in [4.78, 5) is 10.6. The summed E-state index contributed by atoms with van der Waals surface area (Å²) in [5.41, 5.74) is 0.765. The molecular formula is C8H13N3O4S. The number of aromatic nitrogens is 2. The molecule has 0 radical (unpaired) electrons. The number of aryl methyl sites for hydroxylation is 1. The van der Waals surface area contributed by atoms with E-state index in [0.717, 1.165) is 12.6 Å². The van der Waals surface area contributed by atoms with Crippen molar-refractivity contribution in [2.45, 2.75) is 25.5 Å². The maximum Gasteiger partial charge on any atom is 0.323 e. The van der Waals surface area contributed by atoms with Gasteiger partial charge in [0.1, 0.15) is 0 Å². The van der Waals surface area contributed by atoms with Gasteiger partial charge in [0, 0.05) is 11.8 Å². The van der Waals surface area contributed by atoms with Crippen LogP contribution in [0.4, 0.5) is 5.82 Å². The normalized spacial score (nSPS) is 13.4. The van der Waals surface area contributed by atoms with Gasteiger partial charge in [-0.2, -0.15) is 5.10 Å². The van der Waals surface area contributed by atoms with Gasteiger partial charge in [0.05, 0.1) is 0 Å². The number of sulfonamides is 1. The SMILES string of the molecule is CCc1cc(NS(=O)(=O)C(C)C(=O)O)n[nH]1. The Kier molecular flexibility index (Phi) is 3.53. The van der Waals surface area contributed by atoms with Crippen LogP contribution in [0.3, 0.4) is 0 Å². The fourth-order valence-corrected chi connectivity index (χ4v) is 1.80. The average molecular weight is 247 g/mol. The van der Waals surface area contributed by atoms with Crippen LogP contribution in [0.5, 0.6) is 0 Å². The summed E-state index contributed by atoms with van der Waals surface area (Å²) in [5, 5.41) is 13.4. The topological polar surface area (TPSA) is 112 Å². The van der Waals surface area contributed by atoms with E-state index in [1.807, 2.05) is 6.92 Å². The smallest absolute Gasteiger partial charge is 0.323 e. The lowest BCUT2D eigenvalue weighted by Gasteiger charge is -2.08. The average Bonchev–Trinajstić information content (AvgIpc) is 2.63. The van der Waals surface area contributed by atoms with Gasteiger partial charge in [0.2, 0.25) is 10.0 Å². The molecule has 1 unspecified atom stereocenters. The fraction of sp³-hybridized carbons (Fsp3) is 0.500. The Hall–Kier alpha value is -1.57. The third kappa shape index (κ3) is 2.72. The highest BCUT2D eigenvalue weighted by Gasteiger charge is 2.28. The maximum absolute atomic E-state index is 11.5. The Bertz CT molecular complexity index is 479. The number of aromatic amines is 1. The number of nitrogens with zero attached hydrogens (tertiary/aromatic N) is 1. The summed E-state index contributed by atoms with van der Waals surface area (Å²) in [6.45, 7) is 2.98. The van der Waals surface area contributed by atoms with Crippen molar-refractivity contribution < 1.29 is 18.3 Å². The third-order valence-corrected chi connectivity index (χ3v) is 3.70. The molecule has 0 bridgehead atoms. The first-order chi connectivity index (χ1) is 7.36. The second-order valence-electron chi connectivity index (χ2n) is 3.26. The number of hydrogen-bond donors (Lipinski definition) is 3. The van der Waals surface area contributed by atoms with Gasteiger partial charge >= 0.3 is 5.97 Å². The summed E-state index contributed by atoms with van der Waals surface area (Å²) in [7, 11) is -3.94. The van der Waals surface area contributed by atoms with Crippen molar-refractivity contribution in [3.05, 3.63) is 11.8 Å². The van der Waals surface area contributed by atoms with E-state index in [1.54, 1.807) is 0 Å². The molecule has 1 atom stereocenters. The van der Waals surface area contributed by atoms with Crippen LogP contribution >= 0.6 is 0 Å². The van der Waals surface area contributed by atoms with Crippen molar-refractivity contribution in [3.8, 4) is 0 Å². The van der Waals surface area contributed by atoms with E-state index in [-0.39, 0.29) is 5.82 Å². The summed E-state index contributed by atoms with van der Waals surface area (Å²) in [6, 6.07) is 1.52. The second-order valence-corrected chi connectivity index (χ2v) is 5.26. The van der Waals surface area contributed by atoms with E-state index in [9.17, 15) is 13.2 Å². The fourth-order valence-electron chi connectivity index (χ4n) is 0.962. The van der Waals surface area contributed by atoms with E-state index in [2.05, 4.69) is 14.9 Å². The van der Waals surface area contributed by atoms with Gasteiger partial charge < -0.3 is 5.11 Å². The van der Waals surface area contributed by atoms with Crippen molar-refractivity contribution in [1.29, 1.82) is 0 Å². The lowest BCUT2D eigenvalue weighted by Crippen LogP contribution is -2.32. The first-order valence-corrected chi connectivity index (χ1v) is 6.20. The number of aliphatic carboxylic acids is 1. The maximum atomic E-state index is 11.5. The van der Waals surface area contributed by atoms with Gasteiger partial charge in [-0.1, -0.05) is 6.92 Å². The van der Waals surface area contributed by atoms with Crippen molar-refractivity contribution in [1.82, 2.24) is 10.2 Å². The number of carboxylic acids is 1. The minimum Gasteiger partial charge on any atom is -0.480 e. The minimum atomic E-state index is -3.94. The van der Waals surface area contributed by atoms with Gasteiger partial charge in [0.25, 0.3) is 0 Å². The summed E-state index contributed by atoms with van der Waals surface area (Å²) < 4.78 is 25.1. The molecule has 8 heteroatoms. The molecule has 0 amide bonds. The Labute approximate surface area is 92.9 Å². The molecule has 0 aliphatic carbocycles. The zero-order valence-electron chi connectivity index (χ0n) is 8.89. The minimum absolute atomic E-state index is 0.102. The first kappa shape index (κ1) is 12.5. The first-order valence-electron chi connectivity index (χ1n) is 4.65. The lowest BCUT2D eigenvalue weighted by molar-refractivity contribution is -0.136. The van der Waals surface area contributed by atoms with Crippen molar-refractivity contribution in [2.24, 2.45) is 0 Å². The molecule has 7 nitrogen and oxygen atoms in total. The quantitative estimate of drug-likeness (QED) is 0.687. The highest BCUT2D eigenvalue weighted by Crippen LogP contribution is 2.10. The molecule has 16 heavy (non-hydrogen) atoms. The molecule has 90 valence electrons. The molecule has 1 heterocycles. The summed E-state index contributed by atoms with van der Waals surface area (Å²) >= 11 is 0. The molecule has 0 saturated carbocycles. The Morgan fingerprint density at radius 1 is 1.69 bits per heavy atom. The number of rotatable bonds is 5. The predicted octanol–water partition coefficient (Wildman–Crippen LogP) is 0.187. The Balaban J connectivity index is 2.84. The number of carboxylic acid groups (broad SMARTS) is 1. The van der Waals surface area contributed by atoms with Crippen LogP contribution in [-0.2, 0) is 21.2 Å². The third-order valence-electron chi connectivity index (χ3n) is 2.07. The number of anilines is 1. The highest BCUT2D eigenvalue weighted by molar-refractivity contribution is 7.94. The number of carbonyl (C=O) groups is 1. The van der Waals surface area contributed by atoms with Crippen LogP contribution in [0.15, 0.2) is 6.07 Å². The second kappa shape index (κ2) is 4.52. The molecule has 0 saturated heterocycles. The van der Waals surface area contributed by atoms with Crippen LogP contribution in [0, 0.1) is 0 Å². The largest absolute Gasteiger partial charge is 0.480 e. The van der Waals surface area contributed by atoms with Crippen LogP contribution < -0.4 is 4.72 Å². The molecule has 0 fully saturated rings. The Morgan fingerprint density at radius 3 is 2.75 bits per heavy atom. The molecule has 3 N–H and O–H groups in total. The molecule has 1 aromatic rings. The lowest BCUT2D eigenvalue weighted by atomic mass is 10.3. The molecule has 0 aromatic carbocycles. The number of H-pyrrole nitrogens is 1. The van der Waals surface area contributed by atoms with Crippen LogP contribution in [0.2, 0.25) is 0 Å². The van der Waals surface area contributed by atoms with E-state index < -0.39 is 21.2 Å². The predicted molar refractivity (Wildman–Crippen MR) is 57.6 cm³/mol. The van der Waals surface area contributed by atoms with Crippen molar-refractivity contribution in [3.63, 3.8) is 0 Å².